The van der Waals surface area contributed by atoms with Crippen molar-refractivity contribution in [2.24, 2.45) is 0 Å². The lowest BCUT2D eigenvalue weighted by atomic mass is 10.3. The molecule has 2 heterocycles. The third-order valence-corrected chi connectivity index (χ3v) is 2.06. The first-order valence-electron chi connectivity index (χ1n) is 4.67. The molecule has 0 bridgehead atoms. The van der Waals surface area contributed by atoms with E-state index in [1.165, 1.54) is 0 Å². The van der Waals surface area contributed by atoms with E-state index in [2.05, 4.69) is 20.5 Å². The van der Waals surface area contributed by atoms with Gasteiger partial charge in [0.1, 0.15) is 6.54 Å². The van der Waals surface area contributed by atoms with E-state index in [0.717, 1.165) is 12.1 Å². The van der Waals surface area contributed by atoms with Gasteiger partial charge in [0, 0.05) is 6.92 Å². The molecule has 0 radical (unpaired) electrons. The maximum absolute atomic E-state index is 5.65. The first-order chi connectivity index (χ1) is 7.20. The van der Waals surface area contributed by atoms with Gasteiger partial charge in [0.05, 0.1) is 5.69 Å². The second kappa shape index (κ2) is 3.68. The van der Waals surface area contributed by atoms with Gasteiger partial charge in [-0.25, -0.2) is 4.68 Å². The maximum Gasteiger partial charge on any atom is 0.223 e. The Morgan fingerprint density at radius 2 is 2.27 bits per heavy atom. The lowest BCUT2D eigenvalue weighted by molar-refractivity contribution is 0.384. The summed E-state index contributed by atoms with van der Waals surface area (Å²) in [5, 5.41) is 11.5. The fourth-order valence-corrected chi connectivity index (χ4v) is 1.38. The van der Waals surface area contributed by atoms with Crippen LogP contribution in [0.15, 0.2) is 4.52 Å². The number of aromatic nitrogens is 5. The van der Waals surface area contributed by atoms with Crippen LogP contribution in [0.5, 0.6) is 0 Å². The summed E-state index contributed by atoms with van der Waals surface area (Å²) < 4.78 is 6.54. The molecule has 7 heteroatoms. The van der Waals surface area contributed by atoms with Crippen LogP contribution in [0, 0.1) is 6.92 Å². The molecule has 0 saturated heterocycles. The van der Waals surface area contributed by atoms with Gasteiger partial charge >= 0.3 is 0 Å². The lowest BCUT2D eigenvalue weighted by Gasteiger charge is -2.00. The van der Waals surface area contributed by atoms with Crippen LogP contribution in [0.25, 0.3) is 0 Å². The normalized spacial score (nSPS) is 10.8. The quantitative estimate of drug-likeness (QED) is 0.772. The molecule has 0 aliphatic rings. The number of nitrogens with two attached hydrogens (primary N) is 1. The molecular weight excluding hydrogens is 196 g/mol. The van der Waals surface area contributed by atoms with Crippen LogP contribution in [-0.2, 0) is 13.0 Å². The predicted molar refractivity (Wildman–Crippen MR) is 51.9 cm³/mol. The van der Waals surface area contributed by atoms with E-state index in [1.54, 1.807) is 11.6 Å². The van der Waals surface area contributed by atoms with Crippen molar-refractivity contribution >= 4 is 5.82 Å². The molecule has 0 aliphatic heterocycles. The number of hydrogen-bond donors (Lipinski definition) is 1. The van der Waals surface area contributed by atoms with Gasteiger partial charge in [0.25, 0.3) is 0 Å². The van der Waals surface area contributed by atoms with Gasteiger partial charge in [-0.1, -0.05) is 17.3 Å². The van der Waals surface area contributed by atoms with E-state index in [0.29, 0.717) is 24.1 Å². The Balaban J connectivity index is 2.24. The molecular formula is C8H12N6O. The summed E-state index contributed by atoms with van der Waals surface area (Å²) in [6.07, 6.45) is 0.773. The Hall–Kier alpha value is -1.92. The minimum Gasteiger partial charge on any atom is -0.381 e. The Morgan fingerprint density at radius 3 is 2.87 bits per heavy atom. The number of nitrogen functional groups attached to an aromatic ring is 1. The molecule has 2 rings (SSSR count). The van der Waals surface area contributed by atoms with Crippen molar-refractivity contribution in [3.05, 3.63) is 17.4 Å². The molecule has 0 saturated carbocycles. The van der Waals surface area contributed by atoms with Crippen LogP contribution in [-0.4, -0.2) is 25.1 Å². The van der Waals surface area contributed by atoms with E-state index < -0.39 is 0 Å². The zero-order chi connectivity index (χ0) is 10.8. The van der Waals surface area contributed by atoms with Gasteiger partial charge in [0.2, 0.25) is 5.89 Å². The highest BCUT2D eigenvalue weighted by molar-refractivity contribution is 5.32. The third-order valence-electron chi connectivity index (χ3n) is 2.06. The van der Waals surface area contributed by atoms with Crippen molar-refractivity contribution < 1.29 is 4.52 Å². The first-order valence-corrected chi connectivity index (χ1v) is 4.67. The van der Waals surface area contributed by atoms with Gasteiger partial charge in [0.15, 0.2) is 11.6 Å². The highest BCUT2D eigenvalue weighted by atomic mass is 16.5. The molecule has 0 unspecified atom stereocenters. The molecule has 2 aromatic rings. The number of rotatable bonds is 3. The highest BCUT2D eigenvalue weighted by Gasteiger charge is 2.10. The molecule has 2 N–H and O–H groups in total. The Bertz CT molecular complexity index is 459. The van der Waals surface area contributed by atoms with Crippen LogP contribution in [0.4, 0.5) is 5.82 Å². The van der Waals surface area contributed by atoms with E-state index in [4.69, 9.17) is 10.3 Å². The molecule has 15 heavy (non-hydrogen) atoms. The largest absolute Gasteiger partial charge is 0.381 e. The molecule has 0 spiro atoms. The fourth-order valence-electron chi connectivity index (χ4n) is 1.38. The standard InChI is InChI=1S/C8H12N6O/c1-3-6-8(9)11-13-14(6)4-7-10-5(2)15-12-7/h3-4,9H2,1-2H3. The number of anilines is 1. The molecule has 0 fully saturated rings. The molecule has 7 nitrogen and oxygen atoms in total. The number of nitrogens with zero attached hydrogens (tertiary/aromatic N) is 5. The number of aryl methyl sites for hydroxylation is 1. The summed E-state index contributed by atoms with van der Waals surface area (Å²) in [6, 6.07) is 0. The van der Waals surface area contributed by atoms with Crippen LogP contribution in [0.2, 0.25) is 0 Å². The second-order valence-electron chi connectivity index (χ2n) is 3.16. The zero-order valence-electron chi connectivity index (χ0n) is 8.64. The topological polar surface area (TPSA) is 95.7 Å². The monoisotopic (exact) mass is 208 g/mol. The smallest absolute Gasteiger partial charge is 0.223 e. The predicted octanol–water partition coefficient (Wildman–Crippen LogP) is 0.162. The van der Waals surface area contributed by atoms with E-state index in [1.807, 2.05) is 6.92 Å². The Kier molecular flexibility index (Phi) is 2.36. The number of hydrogen-bond acceptors (Lipinski definition) is 6. The van der Waals surface area contributed by atoms with Gasteiger partial charge in [-0.2, -0.15) is 4.98 Å². The summed E-state index contributed by atoms with van der Waals surface area (Å²) in [4.78, 5) is 4.08. The van der Waals surface area contributed by atoms with Crippen molar-refractivity contribution in [1.82, 2.24) is 25.1 Å². The zero-order valence-corrected chi connectivity index (χ0v) is 8.64. The van der Waals surface area contributed by atoms with E-state index in [9.17, 15) is 0 Å². The van der Waals surface area contributed by atoms with Crippen LogP contribution < -0.4 is 5.73 Å². The van der Waals surface area contributed by atoms with Crippen molar-refractivity contribution in [2.75, 3.05) is 5.73 Å². The lowest BCUT2D eigenvalue weighted by Crippen LogP contribution is -2.07. The highest BCUT2D eigenvalue weighted by Crippen LogP contribution is 2.09. The minimum atomic E-state index is 0.435. The van der Waals surface area contributed by atoms with Gasteiger partial charge in [-0.15, -0.1) is 5.10 Å². The first kappa shape index (κ1) is 9.63. The van der Waals surface area contributed by atoms with Gasteiger partial charge in [-0.3, -0.25) is 0 Å². The maximum atomic E-state index is 5.65. The minimum absolute atomic E-state index is 0.435. The molecule has 0 aromatic carbocycles. The SMILES string of the molecule is CCc1c(N)nnn1Cc1noc(C)n1. The fraction of sp³-hybridized carbons (Fsp3) is 0.500. The summed E-state index contributed by atoms with van der Waals surface area (Å²) in [6.45, 7) is 4.17. The Morgan fingerprint density at radius 1 is 1.47 bits per heavy atom. The molecule has 2 aromatic heterocycles. The summed E-state index contributed by atoms with van der Waals surface area (Å²) in [5.74, 6) is 1.57. The van der Waals surface area contributed by atoms with Crippen molar-refractivity contribution in [1.29, 1.82) is 0 Å². The summed E-state index contributed by atoms with van der Waals surface area (Å²) >= 11 is 0. The molecule has 0 amide bonds. The van der Waals surface area contributed by atoms with Crippen molar-refractivity contribution in [2.45, 2.75) is 26.8 Å². The second-order valence-corrected chi connectivity index (χ2v) is 3.16. The van der Waals surface area contributed by atoms with E-state index in [-0.39, 0.29) is 0 Å². The van der Waals surface area contributed by atoms with Crippen LogP contribution >= 0.6 is 0 Å². The van der Waals surface area contributed by atoms with Crippen LogP contribution in [0.1, 0.15) is 24.3 Å². The van der Waals surface area contributed by atoms with E-state index >= 15 is 0 Å². The van der Waals surface area contributed by atoms with Crippen molar-refractivity contribution in [3.8, 4) is 0 Å². The van der Waals surface area contributed by atoms with Gasteiger partial charge < -0.3 is 10.3 Å². The molecule has 0 aliphatic carbocycles. The Labute approximate surface area is 86.3 Å². The summed E-state index contributed by atoms with van der Waals surface area (Å²) in [7, 11) is 0. The third kappa shape index (κ3) is 1.80. The van der Waals surface area contributed by atoms with Crippen LogP contribution in [0.3, 0.4) is 0 Å². The molecule has 0 atom stereocenters. The van der Waals surface area contributed by atoms with Crippen molar-refractivity contribution in [3.63, 3.8) is 0 Å². The average molecular weight is 208 g/mol. The summed E-state index contributed by atoms with van der Waals surface area (Å²) in [5.41, 5.74) is 6.54. The molecule has 80 valence electrons. The van der Waals surface area contributed by atoms with Gasteiger partial charge in [-0.05, 0) is 6.42 Å². The average Bonchev–Trinajstić information content (AvgIpc) is 2.75.